The van der Waals surface area contributed by atoms with E-state index in [1.807, 2.05) is 11.9 Å². The van der Waals surface area contributed by atoms with Gasteiger partial charge in [0.25, 0.3) is 11.8 Å². The second-order valence-electron chi connectivity index (χ2n) is 10.3. The fraction of sp³-hybridized carbons (Fsp3) is 0.345. The van der Waals surface area contributed by atoms with Crippen LogP contribution in [0.15, 0.2) is 71.1 Å². The van der Waals surface area contributed by atoms with Gasteiger partial charge in [-0.25, -0.2) is 4.39 Å². The van der Waals surface area contributed by atoms with E-state index in [0.29, 0.717) is 28.9 Å². The number of alkyl halides is 4. The molecule has 4 heterocycles. The lowest BCUT2D eigenvalue weighted by atomic mass is 9.85. The first-order valence-electron chi connectivity index (χ1n) is 13.3. The van der Waals surface area contributed by atoms with E-state index >= 15 is 4.39 Å². The topological polar surface area (TPSA) is 88.2 Å². The van der Waals surface area contributed by atoms with Crippen molar-refractivity contribution >= 4 is 33.8 Å². The number of benzene rings is 1. The van der Waals surface area contributed by atoms with Gasteiger partial charge in [-0.1, -0.05) is 42.1 Å². The Morgan fingerprint density at radius 1 is 1.31 bits per heavy atom. The van der Waals surface area contributed by atoms with E-state index in [1.54, 1.807) is 53.9 Å². The Labute approximate surface area is 243 Å². The van der Waals surface area contributed by atoms with Crippen molar-refractivity contribution in [3.63, 3.8) is 0 Å². The minimum absolute atomic E-state index is 0.0590. The number of aromatic nitrogens is 3. The maximum atomic E-state index is 16.3. The van der Waals surface area contributed by atoms with Gasteiger partial charge in [-0.3, -0.25) is 4.79 Å². The summed E-state index contributed by atoms with van der Waals surface area (Å²) in [5, 5.41) is 12.1. The van der Waals surface area contributed by atoms with Gasteiger partial charge >= 0.3 is 6.18 Å². The fourth-order valence-corrected chi connectivity index (χ4v) is 5.86. The van der Waals surface area contributed by atoms with Crippen LogP contribution in [0.2, 0.25) is 0 Å². The first-order chi connectivity index (χ1) is 20.1. The lowest BCUT2D eigenvalue weighted by molar-refractivity contribution is -0.139. The number of likely N-dealkylation sites (tertiary alicyclic amines) is 1. The number of carbonyl (C=O) groups excluding carboxylic acids is 1. The van der Waals surface area contributed by atoms with Crippen LogP contribution >= 0.6 is 11.3 Å². The molecule has 1 amide bonds. The average molecular weight is 603 g/mol. The van der Waals surface area contributed by atoms with Crippen molar-refractivity contribution in [3.05, 3.63) is 77.3 Å². The van der Waals surface area contributed by atoms with E-state index in [0.717, 1.165) is 4.57 Å². The number of anilines is 1. The normalized spacial score (nSPS) is 19.9. The lowest BCUT2D eigenvalue weighted by Crippen LogP contribution is -2.55. The number of nitrogens with zero attached hydrogens (tertiary/aromatic N) is 4. The zero-order valence-electron chi connectivity index (χ0n) is 22.8. The van der Waals surface area contributed by atoms with Gasteiger partial charge in [0, 0.05) is 30.6 Å². The van der Waals surface area contributed by atoms with Crippen LogP contribution in [-0.2, 0) is 13.1 Å². The van der Waals surface area contributed by atoms with Crippen molar-refractivity contribution in [2.75, 3.05) is 25.5 Å². The highest BCUT2D eigenvalue weighted by molar-refractivity contribution is 7.12. The molecule has 0 saturated carbocycles. The molecule has 1 fully saturated rings. The summed E-state index contributed by atoms with van der Waals surface area (Å²) >= 11 is 1.27. The van der Waals surface area contributed by atoms with Crippen LogP contribution in [0.3, 0.4) is 0 Å². The Bertz CT molecular complexity index is 1580. The number of nitrogens with one attached hydrogen (secondary N) is 2. The number of carbonyl (C=O) groups is 1. The van der Waals surface area contributed by atoms with Crippen LogP contribution < -0.4 is 10.6 Å². The molecule has 0 radical (unpaired) electrons. The van der Waals surface area contributed by atoms with E-state index in [-0.39, 0.29) is 48.3 Å². The molecule has 1 saturated heterocycles. The summed E-state index contributed by atoms with van der Waals surface area (Å²) in [6.45, 7) is 3.15. The molecule has 5 rings (SSSR count). The van der Waals surface area contributed by atoms with Crippen molar-refractivity contribution in [2.24, 2.45) is 0 Å². The van der Waals surface area contributed by atoms with Crippen molar-refractivity contribution in [2.45, 2.75) is 43.8 Å². The number of allylic oxidation sites excluding steroid dienone is 3. The van der Waals surface area contributed by atoms with Crippen LogP contribution in [0.25, 0.3) is 22.5 Å². The van der Waals surface area contributed by atoms with Gasteiger partial charge in [-0.05, 0) is 43.1 Å². The molecular weight excluding hydrogens is 572 g/mol. The minimum Gasteiger partial charge on any atom is -0.378 e. The molecule has 3 aromatic heterocycles. The SMILES string of the molecule is C=C/C=C/C[C@]1(F)CN(C)CC[C@H]1Nc1cccc2c1cc(-c1nc(CNC(=O)c3cccs3)no1)n2CC(F)(F)F. The van der Waals surface area contributed by atoms with Crippen LogP contribution in [0.4, 0.5) is 23.2 Å². The molecule has 13 heteroatoms. The molecule has 1 aliphatic heterocycles. The standard InChI is InChI=1S/C29H30F4N6O2S/c1-3-4-5-12-28(30)17-38(2)13-11-24(28)35-20-8-6-9-21-19(20)15-22(39(21)18-29(31,32)33)27-36-25(37-41-27)16-34-26(40)23-10-7-14-42-23/h3-10,14-15,24,35H,1,11-13,16-18H2,2H3,(H,34,40)/b5-4+/t24-,28+/m1/s1. The summed E-state index contributed by atoms with van der Waals surface area (Å²) in [6, 6.07) is 9.30. The van der Waals surface area contributed by atoms with Crippen molar-refractivity contribution in [3.8, 4) is 11.6 Å². The van der Waals surface area contributed by atoms with Gasteiger partial charge in [0.2, 0.25) is 0 Å². The van der Waals surface area contributed by atoms with E-state index < -0.39 is 24.4 Å². The maximum absolute atomic E-state index is 16.3. The van der Waals surface area contributed by atoms with E-state index in [9.17, 15) is 18.0 Å². The van der Waals surface area contributed by atoms with Gasteiger partial charge in [0.05, 0.1) is 23.0 Å². The second kappa shape index (κ2) is 12.1. The highest BCUT2D eigenvalue weighted by Gasteiger charge is 2.42. The largest absolute Gasteiger partial charge is 0.406 e. The smallest absolute Gasteiger partial charge is 0.378 e. The molecule has 4 aromatic rings. The monoisotopic (exact) mass is 602 g/mol. The van der Waals surface area contributed by atoms with Crippen molar-refractivity contribution in [1.82, 2.24) is 24.9 Å². The predicted octanol–water partition coefficient (Wildman–Crippen LogP) is 6.20. The lowest BCUT2D eigenvalue weighted by Gasteiger charge is -2.42. The average Bonchev–Trinajstić information content (AvgIpc) is 3.69. The molecule has 0 unspecified atom stereocenters. The minimum atomic E-state index is -4.54. The summed E-state index contributed by atoms with van der Waals surface area (Å²) in [4.78, 5) is 18.9. The van der Waals surface area contributed by atoms with Gasteiger partial charge in [-0.2, -0.15) is 18.2 Å². The number of piperidine rings is 1. The van der Waals surface area contributed by atoms with Crippen LogP contribution in [0.1, 0.15) is 28.3 Å². The van der Waals surface area contributed by atoms with Crippen molar-refractivity contribution in [1.29, 1.82) is 0 Å². The molecule has 0 bridgehead atoms. The summed E-state index contributed by atoms with van der Waals surface area (Å²) in [5.41, 5.74) is -0.770. The maximum Gasteiger partial charge on any atom is 0.406 e. The van der Waals surface area contributed by atoms with Crippen LogP contribution in [-0.4, -0.2) is 63.5 Å². The molecule has 42 heavy (non-hydrogen) atoms. The molecular formula is C29H30F4N6O2S. The Kier molecular flexibility index (Phi) is 8.50. The third-order valence-corrected chi connectivity index (χ3v) is 8.01. The quantitative estimate of drug-likeness (QED) is 0.166. The number of rotatable bonds is 10. The Morgan fingerprint density at radius 3 is 2.88 bits per heavy atom. The molecule has 1 aromatic carbocycles. The zero-order chi connectivity index (χ0) is 29.9. The first kappa shape index (κ1) is 29.5. The van der Waals surface area contributed by atoms with E-state index in [1.165, 1.54) is 17.4 Å². The molecule has 2 atom stereocenters. The Hall–Kier alpha value is -3.97. The van der Waals surface area contributed by atoms with Crippen molar-refractivity contribution < 1.29 is 26.9 Å². The van der Waals surface area contributed by atoms with Gasteiger partial charge in [0.1, 0.15) is 17.9 Å². The summed E-state index contributed by atoms with van der Waals surface area (Å²) in [6.07, 6.45) is 1.14. The zero-order valence-corrected chi connectivity index (χ0v) is 23.6. The van der Waals surface area contributed by atoms with Gasteiger partial charge in [0.15, 0.2) is 5.82 Å². The van der Waals surface area contributed by atoms with E-state index in [4.69, 9.17) is 4.52 Å². The molecule has 0 spiro atoms. The summed E-state index contributed by atoms with van der Waals surface area (Å²) in [5.74, 6) is -0.343. The number of amides is 1. The molecule has 2 N–H and O–H groups in total. The molecule has 0 aliphatic carbocycles. The number of hydrogen-bond donors (Lipinski definition) is 2. The first-order valence-corrected chi connectivity index (χ1v) is 14.2. The molecule has 1 aliphatic rings. The van der Waals surface area contributed by atoms with Gasteiger partial charge < -0.3 is 24.6 Å². The van der Waals surface area contributed by atoms with E-state index in [2.05, 4.69) is 27.4 Å². The number of thiophene rings is 1. The fourth-order valence-electron chi connectivity index (χ4n) is 5.22. The third-order valence-electron chi connectivity index (χ3n) is 7.14. The molecule has 222 valence electrons. The third kappa shape index (κ3) is 6.57. The highest BCUT2D eigenvalue weighted by Crippen LogP contribution is 2.37. The molecule has 8 nitrogen and oxygen atoms in total. The summed E-state index contributed by atoms with van der Waals surface area (Å²) in [7, 11) is 1.86. The highest BCUT2D eigenvalue weighted by atomic mass is 32.1. The van der Waals surface area contributed by atoms with Crippen LogP contribution in [0, 0.1) is 0 Å². The Balaban J connectivity index is 1.46. The second-order valence-corrected chi connectivity index (χ2v) is 11.2. The predicted molar refractivity (Wildman–Crippen MR) is 154 cm³/mol. The number of fused-ring (bicyclic) bond motifs is 1. The van der Waals surface area contributed by atoms with Crippen LogP contribution in [0.5, 0.6) is 0 Å². The summed E-state index contributed by atoms with van der Waals surface area (Å²) < 4.78 is 63.9. The number of halogens is 4. The number of hydrogen-bond acceptors (Lipinski definition) is 7. The Morgan fingerprint density at radius 2 is 2.14 bits per heavy atom. The van der Waals surface area contributed by atoms with Gasteiger partial charge in [-0.15, -0.1) is 11.3 Å².